The van der Waals surface area contributed by atoms with Gasteiger partial charge in [0.05, 0.1) is 5.56 Å². The Kier molecular flexibility index (Phi) is 3.39. The molecule has 1 aromatic heterocycles. The Morgan fingerprint density at radius 1 is 1.39 bits per heavy atom. The number of aliphatic hydroxyl groups is 1. The van der Waals surface area contributed by atoms with Crippen molar-refractivity contribution in [3.63, 3.8) is 0 Å². The van der Waals surface area contributed by atoms with E-state index in [1.165, 1.54) is 0 Å². The van der Waals surface area contributed by atoms with Crippen molar-refractivity contribution < 1.29 is 15.0 Å². The molecule has 0 radical (unpaired) electrons. The summed E-state index contributed by atoms with van der Waals surface area (Å²) in [6, 6.07) is 3.64. The van der Waals surface area contributed by atoms with E-state index in [1.54, 1.807) is 6.07 Å². The van der Waals surface area contributed by atoms with Crippen LogP contribution >= 0.6 is 0 Å². The van der Waals surface area contributed by atoms with E-state index < -0.39 is 5.97 Å². The summed E-state index contributed by atoms with van der Waals surface area (Å²) in [5, 5.41) is 19.0. The molecule has 0 amide bonds. The van der Waals surface area contributed by atoms with E-state index >= 15 is 0 Å². The molecule has 1 heterocycles. The third-order valence-corrected chi connectivity index (χ3v) is 3.25. The molecule has 0 unspecified atom stereocenters. The molecule has 4 heteroatoms. The summed E-state index contributed by atoms with van der Waals surface area (Å²) >= 11 is 0. The van der Waals surface area contributed by atoms with E-state index in [4.69, 9.17) is 10.2 Å². The summed E-state index contributed by atoms with van der Waals surface area (Å²) in [6.45, 7) is 1.96. The molecule has 0 aliphatic rings. The molecule has 0 atom stereocenters. The molecular weight excluding hydrogens is 230 g/mol. The van der Waals surface area contributed by atoms with Crippen LogP contribution in [0, 0.1) is 6.92 Å². The Morgan fingerprint density at radius 3 is 2.72 bits per heavy atom. The summed E-state index contributed by atoms with van der Waals surface area (Å²) in [5.41, 5.74) is 3.23. The normalized spacial score (nSPS) is 11.1. The van der Waals surface area contributed by atoms with Crippen molar-refractivity contribution in [1.82, 2.24) is 4.57 Å². The molecule has 2 rings (SSSR count). The molecule has 2 aromatic rings. The van der Waals surface area contributed by atoms with Crippen LogP contribution < -0.4 is 0 Å². The van der Waals surface area contributed by atoms with E-state index in [0.29, 0.717) is 12.0 Å². The van der Waals surface area contributed by atoms with E-state index in [9.17, 15) is 4.79 Å². The largest absolute Gasteiger partial charge is 0.478 e. The van der Waals surface area contributed by atoms with Crippen molar-refractivity contribution >= 4 is 16.9 Å². The molecule has 0 spiro atoms. The van der Waals surface area contributed by atoms with Gasteiger partial charge in [0, 0.05) is 30.8 Å². The predicted molar refractivity (Wildman–Crippen MR) is 70.0 cm³/mol. The maximum atomic E-state index is 11.2. The van der Waals surface area contributed by atoms with Gasteiger partial charge in [-0.2, -0.15) is 0 Å². The van der Waals surface area contributed by atoms with Crippen molar-refractivity contribution in [3.8, 4) is 0 Å². The van der Waals surface area contributed by atoms with Crippen LogP contribution in [-0.4, -0.2) is 27.4 Å². The maximum Gasteiger partial charge on any atom is 0.335 e. The number of carboxylic acid groups (broad SMARTS) is 1. The maximum absolute atomic E-state index is 11.2. The van der Waals surface area contributed by atoms with Gasteiger partial charge in [0.25, 0.3) is 0 Å². The smallest absolute Gasteiger partial charge is 0.335 e. The number of carbonyl (C=O) groups is 1. The second-order valence-corrected chi connectivity index (χ2v) is 4.58. The zero-order valence-corrected chi connectivity index (χ0v) is 10.6. The Bertz CT molecular complexity index is 599. The number of benzene rings is 1. The highest BCUT2D eigenvalue weighted by Crippen LogP contribution is 2.25. The highest BCUT2D eigenvalue weighted by molar-refractivity contribution is 5.96. The van der Waals surface area contributed by atoms with Crippen LogP contribution in [-0.2, 0) is 13.5 Å². The van der Waals surface area contributed by atoms with Gasteiger partial charge in [-0.05, 0) is 43.0 Å². The highest BCUT2D eigenvalue weighted by Gasteiger charge is 2.13. The quantitative estimate of drug-likeness (QED) is 0.869. The third kappa shape index (κ3) is 2.11. The van der Waals surface area contributed by atoms with Crippen LogP contribution in [0.4, 0.5) is 0 Å². The lowest BCUT2D eigenvalue weighted by Crippen LogP contribution is -2.00. The molecule has 0 aliphatic carbocycles. The van der Waals surface area contributed by atoms with E-state index in [2.05, 4.69) is 0 Å². The molecular formula is C14H17NO3. The number of aryl methyl sites for hydroxylation is 3. The fraction of sp³-hybridized carbons (Fsp3) is 0.357. The molecule has 18 heavy (non-hydrogen) atoms. The molecule has 2 N–H and O–H groups in total. The van der Waals surface area contributed by atoms with Crippen molar-refractivity contribution in [3.05, 3.63) is 35.0 Å². The molecule has 96 valence electrons. The number of nitrogens with zero attached hydrogens (tertiary/aromatic N) is 1. The third-order valence-electron chi connectivity index (χ3n) is 3.25. The molecule has 0 aliphatic heterocycles. The molecule has 0 fully saturated rings. The number of aromatic carboxylic acids is 1. The summed E-state index contributed by atoms with van der Waals surface area (Å²) in [4.78, 5) is 11.2. The van der Waals surface area contributed by atoms with Gasteiger partial charge in [0.15, 0.2) is 0 Å². The van der Waals surface area contributed by atoms with Crippen molar-refractivity contribution in [2.75, 3.05) is 6.61 Å². The molecule has 4 nitrogen and oxygen atoms in total. The predicted octanol–water partition coefficient (Wildman–Crippen LogP) is 2.11. The number of hydrogen-bond acceptors (Lipinski definition) is 2. The average Bonchev–Trinajstić information content (AvgIpc) is 2.62. The minimum absolute atomic E-state index is 0.147. The lowest BCUT2D eigenvalue weighted by molar-refractivity contribution is 0.0696. The van der Waals surface area contributed by atoms with E-state index in [0.717, 1.165) is 28.5 Å². The van der Waals surface area contributed by atoms with Gasteiger partial charge < -0.3 is 14.8 Å². The second kappa shape index (κ2) is 4.82. The summed E-state index contributed by atoms with van der Waals surface area (Å²) in [6.07, 6.45) is 3.46. The Labute approximate surface area is 105 Å². The topological polar surface area (TPSA) is 62.5 Å². The zero-order valence-electron chi connectivity index (χ0n) is 10.6. The lowest BCUT2D eigenvalue weighted by atomic mass is 10.0. The lowest BCUT2D eigenvalue weighted by Gasteiger charge is -2.04. The molecule has 1 aromatic carbocycles. The van der Waals surface area contributed by atoms with Crippen molar-refractivity contribution in [2.24, 2.45) is 7.05 Å². The van der Waals surface area contributed by atoms with Crippen LogP contribution in [0.3, 0.4) is 0 Å². The molecule has 0 saturated heterocycles. The fourth-order valence-corrected chi connectivity index (χ4v) is 2.31. The first-order chi connectivity index (χ1) is 8.54. The Morgan fingerprint density at radius 2 is 2.11 bits per heavy atom. The van der Waals surface area contributed by atoms with Crippen LogP contribution in [0.2, 0.25) is 0 Å². The SMILES string of the molecule is Cc1cc2c(cc1C(=O)O)c(CCCO)cn2C. The van der Waals surface area contributed by atoms with Crippen LogP contribution in [0.25, 0.3) is 10.9 Å². The Balaban J connectivity index is 2.60. The number of hydrogen-bond donors (Lipinski definition) is 2. The zero-order chi connectivity index (χ0) is 13.3. The molecule has 0 saturated carbocycles. The van der Waals surface area contributed by atoms with Gasteiger partial charge in [-0.1, -0.05) is 0 Å². The van der Waals surface area contributed by atoms with Crippen molar-refractivity contribution in [1.29, 1.82) is 0 Å². The first-order valence-electron chi connectivity index (χ1n) is 5.97. The monoisotopic (exact) mass is 247 g/mol. The van der Waals surface area contributed by atoms with Crippen molar-refractivity contribution in [2.45, 2.75) is 19.8 Å². The number of aliphatic hydroxyl groups excluding tert-OH is 1. The van der Waals surface area contributed by atoms with Gasteiger partial charge in [-0.25, -0.2) is 4.79 Å². The highest BCUT2D eigenvalue weighted by atomic mass is 16.4. The summed E-state index contributed by atoms with van der Waals surface area (Å²) < 4.78 is 2.00. The summed E-state index contributed by atoms with van der Waals surface area (Å²) in [7, 11) is 1.95. The summed E-state index contributed by atoms with van der Waals surface area (Å²) in [5.74, 6) is -0.897. The first-order valence-corrected chi connectivity index (χ1v) is 5.97. The first kappa shape index (κ1) is 12.6. The van der Waals surface area contributed by atoms with Crippen LogP contribution in [0.15, 0.2) is 18.3 Å². The number of carboxylic acids is 1. The van der Waals surface area contributed by atoms with Crippen LogP contribution in [0.1, 0.15) is 27.9 Å². The van der Waals surface area contributed by atoms with Gasteiger partial charge in [0.1, 0.15) is 0 Å². The van der Waals surface area contributed by atoms with Gasteiger partial charge in [-0.3, -0.25) is 0 Å². The average molecular weight is 247 g/mol. The van der Waals surface area contributed by atoms with Gasteiger partial charge >= 0.3 is 5.97 Å². The van der Waals surface area contributed by atoms with E-state index in [1.807, 2.05) is 30.8 Å². The second-order valence-electron chi connectivity index (χ2n) is 4.58. The van der Waals surface area contributed by atoms with Gasteiger partial charge in [0.2, 0.25) is 0 Å². The standard InChI is InChI=1S/C14H17NO3/c1-9-6-13-12(7-11(9)14(17)18)10(4-3-5-16)8-15(13)2/h6-8,16H,3-5H2,1-2H3,(H,17,18). The number of aromatic nitrogens is 1. The van der Waals surface area contributed by atoms with Gasteiger partial charge in [-0.15, -0.1) is 0 Å². The minimum Gasteiger partial charge on any atom is -0.478 e. The van der Waals surface area contributed by atoms with Crippen LogP contribution in [0.5, 0.6) is 0 Å². The van der Waals surface area contributed by atoms with E-state index in [-0.39, 0.29) is 6.61 Å². The Hall–Kier alpha value is -1.81. The number of fused-ring (bicyclic) bond motifs is 1. The number of rotatable bonds is 4. The minimum atomic E-state index is -0.897. The fourth-order valence-electron chi connectivity index (χ4n) is 2.31. The molecule has 0 bridgehead atoms.